The molecule has 0 amide bonds. The van der Waals surface area contributed by atoms with Crippen LogP contribution in [-0.2, 0) is 6.54 Å². The number of benzene rings is 1. The zero-order chi connectivity index (χ0) is 19.2. The lowest BCUT2D eigenvalue weighted by molar-refractivity contribution is 0.279. The molecule has 3 N–H and O–H groups in total. The first-order valence-electron chi connectivity index (χ1n) is 8.26. The summed E-state index contributed by atoms with van der Waals surface area (Å²) in [5, 5.41) is 26.4. The standard InChI is InChI=1S/C19H17FN6O/c20-14-4-2-13(3-5-14)18-19(26(12-24-18)8-1-9-27)16(22)6-7-17-23-11-15(10-21)25-17/h2-7,11-12,22,27H,1,8-9H2,(H,23,25)/b7-6-,22-16?. The second kappa shape index (κ2) is 8.21. The van der Waals surface area contributed by atoms with Gasteiger partial charge in [-0.2, -0.15) is 5.26 Å². The minimum Gasteiger partial charge on any atom is -0.396 e. The second-order valence-corrected chi connectivity index (χ2v) is 5.76. The number of allylic oxidation sites excluding steroid dienone is 1. The van der Waals surface area contributed by atoms with Crippen molar-refractivity contribution in [2.24, 2.45) is 0 Å². The van der Waals surface area contributed by atoms with Gasteiger partial charge in [-0.15, -0.1) is 0 Å². The minimum absolute atomic E-state index is 0.0238. The topological polar surface area (TPSA) is 114 Å². The molecule has 0 bridgehead atoms. The van der Waals surface area contributed by atoms with E-state index in [0.717, 1.165) is 0 Å². The quantitative estimate of drug-likeness (QED) is 0.559. The van der Waals surface area contributed by atoms with Crippen molar-refractivity contribution in [3.05, 3.63) is 65.9 Å². The smallest absolute Gasteiger partial charge is 0.137 e. The van der Waals surface area contributed by atoms with Crippen molar-refractivity contribution in [1.82, 2.24) is 19.5 Å². The largest absolute Gasteiger partial charge is 0.396 e. The van der Waals surface area contributed by atoms with Crippen LogP contribution in [0.3, 0.4) is 0 Å². The molecule has 0 fully saturated rings. The average Bonchev–Trinajstić information content (AvgIpc) is 3.32. The summed E-state index contributed by atoms with van der Waals surface area (Å²) in [5.74, 6) is 0.113. The molecule has 0 unspecified atom stereocenters. The number of hydrogen-bond acceptors (Lipinski definition) is 5. The Balaban J connectivity index is 1.95. The summed E-state index contributed by atoms with van der Waals surface area (Å²) in [7, 11) is 0. The molecule has 7 nitrogen and oxygen atoms in total. The number of aromatic amines is 1. The maximum atomic E-state index is 13.2. The van der Waals surface area contributed by atoms with Crippen LogP contribution >= 0.6 is 0 Å². The number of aliphatic hydroxyl groups excluding tert-OH is 1. The number of aryl methyl sites for hydroxylation is 1. The Morgan fingerprint density at radius 2 is 2.11 bits per heavy atom. The van der Waals surface area contributed by atoms with Crippen LogP contribution in [0.1, 0.15) is 23.6 Å². The molecule has 3 aromatic rings. The van der Waals surface area contributed by atoms with Crippen LogP contribution in [0.2, 0.25) is 0 Å². The van der Waals surface area contributed by atoms with Gasteiger partial charge in [-0.25, -0.2) is 14.4 Å². The van der Waals surface area contributed by atoms with Gasteiger partial charge in [-0.3, -0.25) is 5.41 Å². The first-order chi connectivity index (χ1) is 13.1. The Labute approximate surface area is 155 Å². The van der Waals surface area contributed by atoms with E-state index in [1.807, 2.05) is 6.07 Å². The molecule has 3 rings (SSSR count). The van der Waals surface area contributed by atoms with Crippen molar-refractivity contribution in [1.29, 1.82) is 10.7 Å². The molecule has 0 spiro atoms. The van der Waals surface area contributed by atoms with Gasteiger partial charge in [-0.1, -0.05) is 0 Å². The molecule has 2 aromatic heterocycles. The molecular weight excluding hydrogens is 347 g/mol. The maximum absolute atomic E-state index is 13.2. The predicted octanol–water partition coefficient (Wildman–Crippen LogP) is 2.75. The van der Waals surface area contributed by atoms with Gasteiger partial charge in [0.1, 0.15) is 23.4 Å². The van der Waals surface area contributed by atoms with Gasteiger partial charge in [0, 0.05) is 18.7 Å². The normalized spacial score (nSPS) is 11.0. The summed E-state index contributed by atoms with van der Waals surface area (Å²) in [5.41, 5.74) is 2.32. The summed E-state index contributed by atoms with van der Waals surface area (Å²) >= 11 is 0. The van der Waals surface area contributed by atoms with Crippen LogP contribution in [0.5, 0.6) is 0 Å². The molecule has 0 atom stereocenters. The van der Waals surface area contributed by atoms with Crippen LogP contribution in [0.4, 0.5) is 4.39 Å². The van der Waals surface area contributed by atoms with Crippen LogP contribution in [-0.4, -0.2) is 36.9 Å². The summed E-state index contributed by atoms with van der Waals surface area (Å²) < 4.78 is 15.0. The zero-order valence-electron chi connectivity index (χ0n) is 14.4. The Kier molecular flexibility index (Phi) is 5.54. The van der Waals surface area contributed by atoms with E-state index < -0.39 is 0 Å². The molecule has 27 heavy (non-hydrogen) atoms. The number of aromatic nitrogens is 4. The lowest BCUT2D eigenvalue weighted by Crippen LogP contribution is -2.09. The summed E-state index contributed by atoms with van der Waals surface area (Å²) in [6.45, 7) is 0.519. The van der Waals surface area contributed by atoms with Gasteiger partial charge in [0.25, 0.3) is 0 Å². The van der Waals surface area contributed by atoms with Crippen LogP contribution in [0, 0.1) is 22.6 Å². The highest BCUT2D eigenvalue weighted by Crippen LogP contribution is 2.24. The van der Waals surface area contributed by atoms with E-state index in [4.69, 9.17) is 15.8 Å². The number of aliphatic hydroxyl groups is 1. The highest BCUT2D eigenvalue weighted by atomic mass is 19.1. The van der Waals surface area contributed by atoms with Crippen LogP contribution < -0.4 is 0 Å². The molecule has 1 aromatic carbocycles. The van der Waals surface area contributed by atoms with Gasteiger partial charge in [0.05, 0.1) is 29.6 Å². The molecule has 0 saturated carbocycles. The number of halogens is 1. The zero-order valence-corrected chi connectivity index (χ0v) is 14.4. The van der Waals surface area contributed by atoms with Crippen molar-refractivity contribution in [3.63, 3.8) is 0 Å². The number of nitrogens with zero attached hydrogens (tertiary/aromatic N) is 4. The molecule has 2 heterocycles. The summed E-state index contributed by atoms with van der Waals surface area (Å²) in [4.78, 5) is 11.2. The fraction of sp³-hybridized carbons (Fsp3) is 0.158. The van der Waals surface area contributed by atoms with E-state index in [0.29, 0.717) is 41.4 Å². The lowest BCUT2D eigenvalue weighted by atomic mass is 10.1. The van der Waals surface area contributed by atoms with Crippen molar-refractivity contribution in [2.45, 2.75) is 13.0 Å². The number of H-pyrrole nitrogens is 1. The summed E-state index contributed by atoms with van der Waals surface area (Å²) in [6.07, 6.45) is 6.69. The first kappa shape index (κ1) is 18.2. The monoisotopic (exact) mass is 364 g/mol. The van der Waals surface area contributed by atoms with Crippen molar-refractivity contribution in [3.8, 4) is 17.3 Å². The third kappa shape index (κ3) is 4.16. The van der Waals surface area contributed by atoms with E-state index >= 15 is 0 Å². The fourth-order valence-electron chi connectivity index (χ4n) is 2.61. The van der Waals surface area contributed by atoms with E-state index in [9.17, 15) is 4.39 Å². The molecule has 0 aliphatic heterocycles. The molecule has 0 aliphatic rings. The number of imidazole rings is 2. The minimum atomic E-state index is -0.346. The van der Waals surface area contributed by atoms with Crippen LogP contribution in [0.15, 0.2) is 42.9 Å². The molecule has 0 aliphatic carbocycles. The fourth-order valence-corrected chi connectivity index (χ4v) is 2.61. The Hall–Kier alpha value is -3.57. The Bertz CT molecular complexity index is 1010. The SMILES string of the molecule is N#Cc1cnc(/C=C\C(=N)c2c(-c3ccc(F)cc3)ncn2CCCO)[nH]1. The number of rotatable bonds is 7. The number of nitriles is 1. The van der Waals surface area contributed by atoms with Gasteiger partial charge in [0.15, 0.2) is 0 Å². The summed E-state index contributed by atoms with van der Waals surface area (Å²) in [6, 6.07) is 7.87. The predicted molar refractivity (Wildman–Crippen MR) is 98.5 cm³/mol. The lowest BCUT2D eigenvalue weighted by Gasteiger charge is -2.09. The third-order valence-corrected chi connectivity index (χ3v) is 3.89. The second-order valence-electron chi connectivity index (χ2n) is 5.76. The molecule has 8 heteroatoms. The van der Waals surface area contributed by atoms with Gasteiger partial charge >= 0.3 is 0 Å². The molecule has 136 valence electrons. The Morgan fingerprint density at radius 1 is 1.33 bits per heavy atom. The van der Waals surface area contributed by atoms with Crippen LogP contribution in [0.25, 0.3) is 17.3 Å². The average molecular weight is 364 g/mol. The van der Waals surface area contributed by atoms with Gasteiger partial charge < -0.3 is 14.7 Å². The van der Waals surface area contributed by atoms with Crippen molar-refractivity contribution < 1.29 is 9.50 Å². The van der Waals surface area contributed by atoms with E-state index in [1.54, 1.807) is 35.2 Å². The highest BCUT2D eigenvalue weighted by molar-refractivity contribution is 6.10. The Morgan fingerprint density at radius 3 is 2.78 bits per heavy atom. The molecular formula is C19H17FN6O. The molecule has 0 radical (unpaired) electrons. The van der Waals surface area contributed by atoms with Crippen molar-refractivity contribution >= 4 is 11.8 Å². The molecule has 0 saturated heterocycles. The first-order valence-corrected chi connectivity index (χ1v) is 8.26. The van der Waals surface area contributed by atoms with Crippen molar-refractivity contribution in [2.75, 3.05) is 6.61 Å². The van der Waals surface area contributed by atoms with E-state index in [1.165, 1.54) is 18.3 Å². The number of nitrogens with one attached hydrogen (secondary N) is 2. The van der Waals surface area contributed by atoms with Gasteiger partial charge in [0.2, 0.25) is 0 Å². The van der Waals surface area contributed by atoms with Gasteiger partial charge in [-0.05, 0) is 42.8 Å². The number of hydrogen-bond donors (Lipinski definition) is 3. The third-order valence-electron chi connectivity index (χ3n) is 3.89. The highest BCUT2D eigenvalue weighted by Gasteiger charge is 2.16. The van der Waals surface area contributed by atoms with E-state index in [2.05, 4.69) is 15.0 Å². The maximum Gasteiger partial charge on any atom is 0.137 e. The van der Waals surface area contributed by atoms with E-state index in [-0.39, 0.29) is 18.1 Å².